The van der Waals surface area contributed by atoms with Crippen molar-refractivity contribution in [3.63, 3.8) is 0 Å². The van der Waals surface area contributed by atoms with Crippen LogP contribution in [0.4, 0.5) is 4.79 Å². The molecule has 0 saturated carbocycles. The molecular weight excluding hydrogens is 322 g/mol. The van der Waals surface area contributed by atoms with Gasteiger partial charge in [-0.1, -0.05) is 34.1 Å². The summed E-state index contributed by atoms with van der Waals surface area (Å²) in [5, 5.41) is 11.3. The Morgan fingerprint density at radius 3 is 2.75 bits per heavy atom. The van der Waals surface area contributed by atoms with Gasteiger partial charge in [-0.3, -0.25) is 9.69 Å². The zero-order chi connectivity index (χ0) is 14.8. The molecule has 0 aliphatic carbocycles. The lowest BCUT2D eigenvalue weighted by Gasteiger charge is -2.23. The van der Waals surface area contributed by atoms with Crippen LogP contribution in [0.3, 0.4) is 0 Å². The first-order valence-electron chi connectivity index (χ1n) is 6.27. The number of nitrogens with one attached hydrogen (secondary N) is 1. The Morgan fingerprint density at radius 2 is 2.10 bits per heavy atom. The summed E-state index contributed by atoms with van der Waals surface area (Å²) in [5.74, 6) is -0.285. The van der Waals surface area contributed by atoms with Crippen molar-refractivity contribution < 1.29 is 9.59 Å². The van der Waals surface area contributed by atoms with Crippen molar-refractivity contribution in [2.75, 3.05) is 6.54 Å². The number of hydrogen-bond acceptors (Lipinski definition) is 3. The molecule has 20 heavy (non-hydrogen) atoms. The van der Waals surface area contributed by atoms with Crippen LogP contribution in [0.2, 0.25) is 0 Å². The van der Waals surface area contributed by atoms with Gasteiger partial charge in [0.25, 0.3) is 5.91 Å². The minimum atomic E-state index is -1.07. The number of rotatable bonds is 4. The van der Waals surface area contributed by atoms with Crippen molar-refractivity contribution in [3.8, 4) is 6.07 Å². The average molecular weight is 336 g/mol. The van der Waals surface area contributed by atoms with Crippen molar-refractivity contribution in [3.05, 3.63) is 34.3 Å². The fourth-order valence-corrected chi connectivity index (χ4v) is 2.95. The molecule has 0 spiro atoms. The summed E-state index contributed by atoms with van der Waals surface area (Å²) in [6, 6.07) is 8.91. The molecule has 1 aliphatic rings. The topological polar surface area (TPSA) is 73.2 Å². The van der Waals surface area contributed by atoms with E-state index in [9.17, 15) is 9.59 Å². The van der Waals surface area contributed by atoms with Gasteiger partial charge < -0.3 is 5.32 Å². The maximum Gasteiger partial charge on any atom is 0.325 e. The molecule has 1 saturated heterocycles. The van der Waals surface area contributed by atoms with E-state index in [0.717, 1.165) is 10.0 Å². The highest BCUT2D eigenvalue weighted by molar-refractivity contribution is 9.10. The summed E-state index contributed by atoms with van der Waals surface area (Å²) in [6.07, 6.45) is 0.810. The second-order valence-corrected chi connectivity index (χ2v) is 5.61. The lowest BCUT2D eigenvalue weighted by Crippen LogP contribution is -2.41. The lowest BCUT2D eigenvalue weighted by atomic mass is 9.92. The van der Waals surface area contributed by atoms with Crippen molar-refractivity contribution in [2.45, 2.75) is 25.3 Å². The first-order valence-corrected chi connectivity index (χ1v) is 7.06. The average Bonchev–Trinajstić information content (AvgIpc) is 2.63. The summed E-state index contributed by atoms with van der Waals surface area (Å²) in [5.41, 5.74) is -0.342. The maximum absolute atomic E-state index is 12.5. The second-order valence-electron chi connectivity index (χ2n) is 4.75. The maximum atomic E-state index is 12.5. The molecule has 1 heterocycles. The number of amides is 3. The number of nitriles is 1. The van der Waals surface area contributed by atoms with Crippen LogP contribution < -0.4 is 5.32 Å². The Balaban J connectivity index is 2.27. The molecule has 2 rings (SSSR count). The van der Waals surface area contributed by atoms with E-state index in [1.807, 2.05) is 24.3 Å². The van der Waals surface area contributed by atoms with Gasteiger partial charge >= 0.3 is 6.03 Å². The Kier molecular flexibility index (Phi) is 4.09. The van der Waals surface area contributed by atoms with E-state index in [0.29, 0.717) is 12.8 Å². The van der Waals surface area contributed by atoms with Crippen molar-refractivity contribution in [2.24, 2.45) is 0 Å². The quantitative estimate of drug-likeness (QED) is 0.678. The highest BCUT2D eigenvalue weighted by Crippen LogP contribution is 2.33. The minimum absolute atomic E-state index is 0.262. The van der Waals surface area contributed by atoms with Gasteiger partial charge in [-0.25, -0.2) is 4.79 Å². The van der Waals surface area contributed by atoms with Gasteiger partial charge in [0.2, 0.25) is 0 Å². The largest absolute Gasteiger partial charge is 0.325 e. The summed E-state index contributed by atoms with van der Waals surface area (Å²) >= 11 is 3.41. The lowest BCUT2D eigenvalue weighted by molar-refractivity contribution is -0.131. The van der Waals surface area contributed by atoms with Crippen molar-refractivity contribution in [1.82, 2.24) is 10.2 Å². The predicted octanol–water partition coefficient (Wildman–Crippen LogP) is 2.52. The molecule has 1 aliphatic heterocycles. The normalized spacial score (nSPS) is 21.8. The molecule has 1 unspecified atom stereocenters. The molecule has 1 atom stereocenters. The fourth-order valence-electron chi connectivity index (χ4n) is 2.27. The Labute approximate surface area is 125 Å². The second kappa shape index (κ2) is 5.63. The Hall–Kier alpha value is -1.87. The van der Waals surface area contributed by atoms with Gasteiger partial charge in [0, 0.05) is 23.0 Å². The van der Waals surface area contributed by atoms with E-state index in [1.54, 1.807) is 13.0 Å². The number of unbranched alkanes of at least 4 members (excludes halogenated alkanes) is 1. The van der Waals surface area contributed by atoms with Gasteiger partial charge in [-0.15, -0.1) is 0 Å². The van der Waals surface area contributed by atoms with Gasteiger partial charge in [0.1, 0.15) is 5.54 Å². The van der Waals surface area contributed by atoms with E-state index < -0.39 is 11.6 Å². The van der Waals surface area contributed by atoms with Crippen LogP contribution in [0.25, 0.3) is 0 Å². The van der Waals surface area contributed by atoms with Crippen LogP contribution in [0, 0.1) is 11.3 Å². The third kappa shape index (κ3) is 2.41. The molecule has 0 bridgehead atoms. The molecular formula is C14H14BrN3O2. The molecule has 104 valence electrons. The summed E-state index contributed by atoms with van der Waals surface area (Å²) in [4.78, 5) is 25.7. The molecule has 1 fully saturated rings. The molecule has 0 radical (unpaired) electrons. The minimum Gasteiger partial charge on any atom is -0.319 e. The number of benzene rings is 1. The Bertz CT molecular complexity index is 596. The molecule has 1 N–H and O–H groups in total. The number of urea groups is 1. The van der Waals surface area contributed by atoms with Crippen LogP contribution in [0.15, 0.2) is 28.7 Å². The van der Waals surface area contributed by atoms with Gasteiger partial charge in [0.05, 0.1) is 6.07 Å². The number of hydrogen-bond donors (Lipinski definition) is 1. The van der Waals surface area contributed by atoms with Crippen LogP contribution in [-0.4, -0.2) is 23.4 Å². The van der Waals surface area contributed by atoms with Crippen molar-refractivity contribution in [1.29, 1.82) is 5.26 Å². The SMILES string of the molecule is CC1(c2ccccc2Br)NC(=O)N(CCCC#N)C1=O. The van der Waals surface area contributed by atoms with Crippen molar-refractivity contribution >= 4 is 27.9 Å². The number of imide groups is 1. The summed E-state index contributed by atoms with van der Waals surface area (Å²) < 4.78 is 0.773. The first kappa shape index (κ1) is 14.5. The summed E-state index contributed by atoms with van der Waals surface area (Å²) in [6.45, 7) is 1.95. The molecule has 5 nitrogen and oxygen atoms in total. The monoisotopic (exact) mass is 335 g/mol. The zero-order valence-electron chi connectivity index (χ0n) is 11.0. The van der Waals surface area contributed by atoms with Gasteiger partial charge in [-0.05, 0) is 19.4 Å². The van der Waals surface area contributed by atoms with E-state index in [-0.39, 0.29) is 12.5 Å². The first-order chi connectivity index (χ1) is 9.50. The number of nitrogens with zero attached hydrogens (tertiary/aromatic N) is 2. The molecule has 0 aromatic heterocycles. The molecule has 1 aromatic rings. The fraction of sp³-hybridized carbons (Fsp3) is 0.357. The van der Waals surface area contributed by atoms with Gasteiger partial charge in [-0.2, -0.15) is 5.26 Å². The van der Waals surface area contributed by atoms with E-state index in [2.05, 4.69) is 21.2 Å². The highest BCUT2D eigenvalue weighted by atomic mass is 79.9. The third-order valence-corrected chi connectivity index (χ3v) is 4.05. The van der Waals surface area contributed by atoms with E-state index in [1.165, 1.54) is 4.90 Å². The zero-order valence-corrected chi connectivity index (χ0v) is 12.6. The summed E-state index contributed by atoms with van der Waals surface area (Å²) in [7, 11) is 0. The highest BCUT2D eigenvalue weighted by Gasteiger charge is 2.49. The molecule has 6 heteroatoms. The standard InChI is InChI=1S/C14H14BrN3O2/c1-14(10-6-2-3-7-11(10)15)12(19)18(13(20)17-14)9-5-4-8-16/h2-3,6-7H,4-5,9H2,1H3,(H,17,20). The molecule has 1 aromatic carbocycles. The van der Waals surface area contributed by atoms with Crippen LogP contribution in [0.5, 0.6) is 0 Å². The molecule has 3 amide bonds. The van der Waals surface area contributed by atoms with Gasteiger partial charge in [0.15, 0.2) is 0 Å². The number of carbonyl (C=O) groups excluding carboxylic acids is 2. The van der Waals surface area contributed by atoms with Crippen LogP contribution >= 0.6 is 15.9 Å². The van der Waals surface area contributed by atoms with Crippen LogP contribution in [0.1, 0.15) is 25.3 Å². The Morgan fingerprint density at radius 1 is 1.40 bits per heavy atom. The third-order valence-electron chi connectivity index (χ3n) is 3.36. The van der Waals surface area contributed by atoms with E-state index in [4.69, 9.17) is 5.26 Å². The van der Waals surface area contributed by atoms with E-state index >= 15 is 0 Å². The predicted molar refractivity (Wildman–Crippen MR) is 76.6 cm³/mol. The van der Waals surface area contributed by atoms with Crippen LogP contribution in [-0.2, 0) is 10.3 Å². The smallest absolute Gasteiger partial charge is 0.319 e. The number of carbonyl (C=O) groups is 2. The number of halogens is 1.